The third kappa shape index (κ3) is 4.12. The highest BCUT2D eigenvalue weighted by molar-refractivity contribution is 8.00. The molecule has 1 aliphatic carbocycles. The van der Waals surface area contributed by atoms with Crippen LogP contribution < -0.4 is 11.0 Å². The van der Waals surface area contributed by atoms with Crippen LogP contribution in [0.2, 0.25) is 0 Å². The van der Waals surface area contributed by atoms with Gasteiger partial charge in [-0.3, -0.25) is 19.7 Å². The Morgan fingerprint density at radius 3 is 2.86 bits per heavy atom. The zero-order valence-corrected chi connectivity index (χ0v) is 16.8. The molecule has 1 N–H and O–H groups in total. The lowest BCUT2D eigenvalue weighted by Crippen LogP contribution is -2.28. The molecule has 0 fully saturated rings. The van der Waals surface area contributed by atoms with Gasteiger partial charge >= 0.3 is 5.69 Å². The average Bonchev–Trinajstić information content (AvgIpc) is 3.33. The van der Waals surface area contributed by atoms with Crippen LogP contribution in [-0.4, -0.2) is 36.4 Å². The Morgan fingerprint density at radius 2 is 2.11 bits per heavy atom. The third-order valence-corrected chi connectivity index (χ3v) is 6.17. The number of nitrogens with one attached hydrogen (secondary N) is 1. The maximum atomic E-state index is 12.6. The number of carbonyl (C=O) groups excluding carboxylic acids is 1. The van der Waals surface area contributed by atoms with Crippen LogP contribution in [0.3, 0.4) is 0 Å². The predicted octanol–water partition coefficient (Wildman–Crippen LogP) is 2.07. The minimum absolute atomic E-state index is 0.172. The summed E-state index contributed by atoms with van der Waals surface area (Å²) in [4.78, 5) is 33.1. The Morgan fingerprint density at radius 1 is 1.29 bits per heavy atom. The first kappa shape index (κ1) is 18.8. The van der Waals surface area contributed by atoms with Crippen LogP contribution in [0.15, 0.2) is 34.3 Å². The molecule has 0 saturated carbocycles. The van der Waals surface area contributed by atoms with E-state index in [1.54, 1.807) is 17.0 Å². The van der Waals surface area contributed by atoms with Gasteiger partial charge in [0.25, 0.3) is 0 Å². The van der Waals surface area contributed by atoms with Crippen LogP contribution in [0.5, 0.6) is 0 Å². The van der Waals surface area contributed by atoms with Gasteiger partial charge in [-0.2, -0.15) is 4.98 Å². The zero-order chi connectivity index (χ0) is 19.5. The van der Waals surface area contributed by atoms with Gasteiger partial charge in [0, 0.05) is 23.7 Å². The molecule has 3 aromatic heterocycles. The molecule has 0 saturated heterocycles. The molecule has 10 heteroatoms. The van der Waals surface area contributed by atoms with Crippen LogP contribution in [0.1, 0.15) is 28.2 Å². The highest BCUT2D eigenvalue weighted by Crippen LogP contribution is 2.29. The van der Waals surface area contributed by atoms with E-state index in [4.69, 9.17) is 0 Å². The van der Waals surface area contributed by atoms with Gasteiger partial charge in [-0.05, 0) is 43.9 Å². The Hall–Kier alpha value is -2.59. The topological polar surface area (TPSA) is 103 Å². The number of carbonyl (C=O) groups is 1. The highest BCUT2D eigenvalue weighted by atomic mass is 32.2. The summed E-state index contributed by atoms with van der Waals surface area (Å²) in [7, 11) is 0. The van der Waals surface area contributed by atoms with Gasteiger partial charge in [-0.25, -0.2) is 4.79 Å². The van der Waals surface area contributed by atoms with E-state index < -0.39 is 0 Å². The minimum atomic E-state index is -0.278. The molecule has 1 amide bonds. The maximum absolute atomic E-state index is 12.6. The Kier molecular flexibility index (Phi) is 5.49. The molecule has 0 spiro atoms. The molecule has 144 valence electrons. The number of amides is 1. The summed E-state index contributed by atoms with van der Waals surface area (Å²) in [6.45, 7) is 2.31. The number of aryl methyl sites for hydroxylation is 1. The van der Waals surface area contributed by atoms with Crippen molar-refractivity contribution in [2.45, 2.75) is 37.8 Å². The zero-order valence-electron chi connectivity index (χ0n) is 15.2. The summed E-state index contributed by atoms with van der Waals surface area (Å²) in [5, 5.41) is 12.4. The van der Waals surface area contributed by atoms with Gasteiger partial charge in [0.05, 0.1) is 12.3 Å². The normalized spacial score (nSPS) is 12.8. The summed E-state index contributed by atoms with van der Waals surface area (Å²) < 4.78 is 1.74. The van der Waals surface area contributed by atoms with E-state index in [1.807, 2.05) is 19.1 Å². The van der Waals surface area contributed by atoms with Crippen molar-refractivity contribution in [1.29, 1.82) is 0 Å². The Bertz CT molecular complexity index is 1060. The molecule has 0 radical (unpaired) electrons. The number of hydrogen-bond donors (Lipinski definition) is 1. The first-order chi connectivity index (χ1) is 13.6. The lowest BCUT2D eigenvalue weighted by molar-refractivity contribution is -0.113. The monoisotopic (exact) mass is 414 g/mol. The van der Waals surface area contributed by atoms with Crippen molar-refractivity contribution in [3.63, 3.8) is 0 Å². The van der Waals surface area contributed by atoms with Gasteiger partial charge in [-0.15, -0.1) is 10.2 Å². The maximum Gasteiger partial charge on any atom is 0.349 e. The van der Waals surface area contributed by atoms with Crippen molar-refractivity contribution in [2.24, 2.45) is 0 Å². The first-order valence-corrected chi connectivity index (χ1v) is 10.6. The summed E-state index contributed by atoms with van der Waals surface area (Å²) in [6, 6.07) is 3.80. The summed E-state index contributed by atoms with van der Waals surface area (Å²) >= 11 is 2.63. The van der Waals surface area contributed by atoms with E-state index in [1.165, 1.54) is 23.1 Å². The Balaban J connectivity index is 1.51. The fourth-order valence-corrected chi connectivity index (χ4v) is 4.66. The fourth-order valence-electron chi connectivity index (χ4n) is 3.18. The average molecular weight is 415 g/mol. The minimum Gasteiger partial charge on any atom is -0.300 e. The van der Waals surface area contributed by atoms with Gasteiger partial charge in [-0.1, -0.05) is 23.1 Å². The van der Waals surface area contributed by atoms with Crippen LogP contribution in [-0.2, 0) is 24.2 Å². The van der Waals surface area contributed by atoms with Gasteiger partial charge in [0.2, 0.25) is 11.0 Å². The smallest absolute Gasteiger partial charge is 0.300 e. The molecular weight excluding hydrogens is 396 g/mol. The van der Waals surface area contributed by atoms with Gasteiger partial charge in [0.1, 0.15) is 10.0 Å². The molecule has 3 heterocycles. The summed E-state index contributed by atoms with van der Waals surface area (Å²) in [5.74, 6) is -0.0121. The van der Waals surface area contributed by atoms with Crippen molar-refractivity contribution >= 4 is 34.1 Å². The second-order valence-corrected chi connectivity index (χ2v) is 8.53. The molecule has 3 aromatic rings. The molecule has 0 atom stereocenters. The number of hydrogen-bond acceptors (Lipinski definition) is 8. The largest absolute Gasteiger partial charge is 0.349 e. The molecule has 8 nitrogen and oxygen atoms in total. The van der Waals surface area contributed by atoms with E-state index in [2.05, 4.69) is 25.5 Å². The Labute approximate surface area is 169 Å². The number of pyridine rings is 1. The molecule has 28 heavy (non-hydrogen) atoms. The number of rotatable bonds is 6. The lowest BCUT2D eigenvalue weighted by atomic mass is 10.2. The summed E-state index contributed by atoms with van der Waals surface area (Å²) in [5.41, 5.74) is 2.85. The van der Waals surface area contributed by atoms with E-state index in [9.17, 15) is 9.59 Å². The molecule has 4 rings (SSSR count). The second-order valence-electron chi connectivity index (χ2n) is 6.38. The van der Waals surface area contributed by atoms with Crippen molar-refractivity contribution in [3.8, 4) is 0 Å². The standard InChI is InChI=1S/C18H18N6O2S2/c1-11-22-23-17(28-11)20-15(25)10-27-16-13-3-2-4-14(13)24(18(26)21-16)9-12-5-7-19-8-6-12/h5-8H,2-4,9-10H2,1H3,(H,20,23,25). The number of anilines is 1. The van der Waals surface area contributed by atoms with Crippen molar-refractivity contribution in [1.82, 2.24) is 24.7 Å². The quantitative estimate of drug-likeness (QED) is 0.486. The van der Waals surface area contributed by atoms with E-state index in [-0.39, 0.29) is 17.3 Å². The summed E-state index contributed by atoms with van der Waals surface area (Å²) in [6.07, 6.45) is 6.15. The predicted molar refractivity (Wildman–Crippen MR) is 108 cm³/mol. The second kappa shape index (κ2) is 8.19. The van der Waals surface area contributed by atoms with Crippen LogP contribution in [0.4, 0.5) is 5.13 Å². The number of nitrogens with zero attached hydrogens (tertiary/aromatic N) is 5. The van der Waals surface area contributed by atoms with Crippen molar-refractivity contribution in [3.05, 3.63) is 56.8 Å². The number of fused-ring (bicyclic) bond motifs is 1. The molecule has 0 aromatic carbocycles. The van der Waals surface area contributed by atoms with E-state index in [0.717, 1.165) is 41.1 Å². The van der Waals surface area contributed by atoms with Gasteiger partial charge < -0.3 is 0 Å². The molecule has 1 aliphatic rings. The van der Waals surface area contributed by atoms with Crippen molar-refractivity contribution in [2.75, 3.05) is 11.1 Å². The van der Waals surface area contributed by atoms with E-state index in [0.29, 0.717) is 16.7 Å². The molecule has 0 aliphatic heterocycles. The lowest BCUT2D eigenvalue weighted by Gasteiger charge is -2.14. The number of thioether (sulfide) groups is 1. The van der Waals surface area contributed by atoms with Gasteiger partial charge in [0.15, 0.2) is 0 Å². The first-order valence-electron chi connectivity index (χ1n) is 8.84. The fraction of sp³-hybridized carbons (Fsp3) is 0.333. The molecule has 0 bridgehead atoms. The van der Waals surface area contributed by atoms with Crippen LogP contribution in [0.25, 0.3) is 0 Å². The van der Waals surface area contributed by atoms with E-state index >= 15 is 0 Å². The SMILES string of the molecule is Cc1nnc(NC(=O)CSc2nc(=O)n(Cc3ccncc3)c3c2CCC3)s1. The number of aromatic nitrogens is 5. The molecule has 0 unspecified atom stereocenters. The third-order valence-electron chi connectivity index (χ3n) is 4.40. The van der Waals surface area contributed by atoms with Crippen LogP contribution >= 0.6 is 23.1 Å². The highest BCUT2D eigenvalue weighted by Gasteiger charge is 2.22. The van der Waals surface area contributed by atoms with Crippen molar-refractivity contribution < 1.29 is 4.79 Å². The van der Waals surface area contributed by atoms with Crippen LogP contribution in [0, 0.1) is 6.92 Å². The molecular formula is C18H18N6O2S2.